The quantitative estimate of drug-likeness (QED) is 0.600. The molecule has 2 fully saturated rings. The molecule has 0 radical (unpaired) electrons. The first kappa shape index (κ1) is 24.3. The number of nitrogens with zero attached hydrogens (tertiary/aromatic N) is 3. The number of nitrogens with one attached hydrogen (secondary N) is 1. The average Bonchev–Trinajstić information content (AvgIpc) is 3.04. The van der Waals surface area contributed by atoms with Gasteiger partial charge in [-0.05, 0) is 87.4 Å². The minimum absolute atomic E-state index is 0.0320. The molecule has 2 amide bonds. The normalized spacial score (nSPS) is 19.7. The monoisotopic (exact) mass is 482 g/mol. The van der Waals surface area contributed by atoms with Crippen LogP contribution < -0.4 is 10.2 Å². The van der Waals surface area contributed by atoms with Gasteiger partial charge in [0, 0.05) is 18.8 Å². The highest BCUT2D eigenvalue weighted by molar-refractivity contribution is 7.80. The van der Waals surface area contributed by atoms with E-state index in [-0.39, 0.29) is 24.1 Å². The van der Waals surface area contributed by atoms with E-state index >= 15 is 0 Å². The zero-order valence-corrected chi connectivity index (χ0v) is 20.5. The number of rotatable bonds is 7. The lowest BCUT2D eigenvalue weighted by Gasteiger charge is -2.32. The molecular weight excluding hydrogens is 451 g/mol. The fraction of sp³-hybridized carbons (Fsp3) is 0.423. The summed E-state index contributed by atoms with van der Waals surface area (Å²) in [4.78, 5) is 32.2. The topological polar surface area (TPSA) is 55.9 Å². The van der Waals surface area contributed by atoms with Crippen molar-refractivity contribution in [2.45, 2.75) is 39.2 Å². The maximum atomic E-state index is 13.5. The summed E-state index contributed by atoms with van der Waals surface area (Å²) in [6, 6.07) is 12.5. The summed E-state index contributed by atoms with van der Waals surface area (Å²) in [6.45, 7) is 7.71. The van der Waals surface area contributed by atoms with E-state index in [1.165, 1.54) is 37.1 Å². The third-order valence-electron chi connectivity index (χ3n) is 6.65. The summed E-state index contributed by atoms with van der Waals surface area (Å²) >= 11 is 5.75. The summed E-state index contributed by atoms with van der Waals surface area (Å²) in [5, 5.41) is 3.20. The second-order valence-corrected chi connectivity index (χ2v) is 9.65. The maximum absolute atomic E-state index is 13.5. The Balaban J connectivity index is 1.50. The number of likely N-dealkylation sites (tertiary alicyclic amines) is 1. The van der Waals surface area contributed by atoms with Gasteiger partial charge in [-0.2, -0.15) is 0 Å². The Morgan fingerprint density at radius 2 is 1.71 bits per heavy atom. The Kier molecular flexibility index (Phi) is 7.58. The van der Waals surface area contributed by atoms with Gasteiger partial charge in [-0.1, -0.05) is 24.6 Å². The van der Waals surface area contributed by atoms with E-state index < -0.39 is 6.04 Å². The molecule has 2 saturated heterocycles. The molecule has 8 heteroatoms. The Labute approximate surface area is 205 Å². The van der Waals surface area contributed by atoms with Gasteiger partial charge in [-0.15, -0.1) is 0 Å². The van der Waals surface area contributed by atoms with Gasteiger partial charge in [-0.3, -0.25) is 14.5 Å². The van der Waals surface area contributed by atoms with Gasteiger partial charge in [0.1, 0.15) is 11.9 Å². The number of hydrogen-bond donors (Lipinski definition) is 1. The summed E-state index contributed by atoms with van der Waals surface area (Å²) in [5.41, 5.74) is 2.29. The van der Waals surface area contributed by atoms with Crippen molar-refractivity contribution in [1.82, 2.24) is 9.80 Å². The lowest BCUT2D eigenvalue weighted by Crippen LogP contribution is -2.44. The first-order valence-corrected chi connectivity index (χ1v) is 12.2. The van der Waals surface area contributed by atoms with Crippen LogP contribution in [0.1, 0.15) is 31.7 Å². The number of halogens is 1. The number of thiocarbonyl (C=S) groups is 1. The molecule has 0 aliphatic carbocycles. The number of benzene rings is 2. The van der Waals surface area contributed by atoms with Crippen LogP contribution in [-0.4, -0.2) is 58.9 Å². The summed E-state index contributed by atoms with van der Waals surface area (Å²) in [5.74, 6) is -0.141. The standard InChI is InChI=1S/C26H31FN4O2S/c1-18-3-9-22(10-4-18)31-25(33)23(17-24(32)28-21-7-5-20(27)6-8-21)30(26(31)34)16-15-29-13-11-19(2)12-14-29/h3-10,19,23H,11-17H2,1-2H3,(H,28,32)/t23-/m1/s1. The fourth-order valence-electron chi connectivity index (χ4n) is 4.47. The molecule has 180 valence electrons. The van der Waals surface area contributed by atoms with Gasteiger partial charge in [-0.25, -0.2) is 4.39 Å². The third-order valence-corrected chi connectivity index (χ3v) is 7.07. The molecule has 1 N–H and O–H groups in total. The number of piperidine rings is 1. The molecule has 0 unspecified atom stereocenters. The van der Waals surface area contributed by atoms with Crippen LogP contribution in [0.15, 0.2) is 48.5 Å². The second kappa shape index (κ2) is 10.6. The second-order valence-electron chi connectivity index (χ2n) is 9.28. The van der Waals surface area contributed by atoms with E-state index in [0.717, 1.165) is 31.1 Å². The lowest BCUT2D eigenvalue weighted by atomic mass is 9.99. The van der Waals surface area contributed by atoms with Gasteiger partial charge < -0.3 is 15.1 Å². The maximum Gasteiger partial charge on any atom is 0.256 e. The molecule has 2 aromatic carbocycles. The number of amides is 2. The molecule has 6 nitrogen and oxygen atoms in total. The SMILES string of the molecule is Cc1ccc(N2C(=O)[C@@H](CC(=O)Nc3ccc(F)cc3)N(CCN3CCC(C)CC3)C2=S)cc1. The molecule has 2 aromatic rings. The Morgan fingerprint density at radius 3 is 2.35 bits per heavy atom. The van der Waals surface area contributed by atoms with Crippen LogP contribution in [0.3, 0.4) is 0 Å². The molecule has 0 spiro atoms. The van der Waals surface area contributed by atoms with Crippen molar-refractivity contribution in [3.05, 3.63) is 59.9 Å². The lowest BCUT2D eigenvalue weighted by molar-refractivity contribution is -0.124. The smallest absolute Gasteiger partial charge is 0.256 e. The highest BCUT2D eigenvalue weighted by atomic mass is 32.1. The van der Waals surface area contributed by atoms with Gasteiger partial charge >= 0.3 is 0 Å². The van der Waals surface area contributed by atoms with Crippen LogP contribution in [0.5, 0.6) is 0 Å². The van der Waals surface area contributed by atoms with Crippen LogP contribution in [0.25, 0.3) is 0 Å². The first-order chi connectivity index (χ1) is 16.3. The third kappa shape index (κ3) is 5.62. The first-order valence-electron chi connectivity index (χ1n) is 11.8. The van der Waals surface area contributed by atoms with Crippen molar-refractivity contribution >= 4 is 40.5 Å². The Morgan fingerprint density at radius 1 is 1.06 bits per heavy atom. The molecule has 0 saturated carbocycles. The van der Waals surface area contributed by atoms with E-state index in [1.807, 2.05) is 36.1 Å². The van der Waals surface area contributed by atoms with Crippen molar-refractivity contribution < 1.29 is 14.0 Å². The van der Waals surface area contributed by atoms with Gasteiger partial charge in [0.05, 0.1) is 12.1 Å². The Bertz CT molecular complexity index is 1040. The highest BCUT2D eigenvalue weighted by Crippen LogP contribution is 2.28. The summed E-state index contributed by atoms with van der Waals surface area (Å²) in [7, 11) is 0. The van der Waals surface area contributed by atoms with Crippen LogP contribution in [0, 0.1) is 18.7 Å². The number of aryl methyl sites for hydroxylation is 1. The van der Waals surface area contributed by atoms with Crippen molar-refractivity contribution in [2.75, 3.05) is 36.4 Å². The minimum atomic E-state index is -0.682. The van der Waals surface area contributed by atoms with Crippen LogP contribution in [0.4, 0.5) is 15.8 Å². The molecule has 0 aromatic heterocycles. The number of anilines is 2. The molecule has 2 aliphatic heterocycles. The van der Waals surface area contributed by atoms with Crippen LogP contribution in [0.2, 0.25) is 0 Å². The minimum Gasteiger partial charge on any atom is -0.335 e. The summed E-state index contributed by atoms with van der Waals surface area (Å²) < 4.78 is 13.2. The highest BCUT2D eigenvalue weighted by Gasteiger charge is 2.44. The molecular formula is C26H31FN4O2S. The van der Waals surface area contributed by atoms with Crippen molar-refractivity contribution in [2.24, 2.45) is 5.92 Å². The van der Waals surface area contributed by atoms with E-state index in [9.17, 15) is 14.0 Å². The van der Waals surface area contributed by atoms with E-state index in [1.54, 1.807) is 4.90 Å². The molecule has 0 bridgehead atoms. The van der Waals surface area contributed by atoms with Crippen molar-refractivity contribution in [3.8, 4) is 0 Å². The van der Waals surface area contributed by atoms with Crippen molar-refractivity contribution in [3.63, 3.8) is 0 Å². The predicted molar refractivity (Wildman–Crippen MR) is 136 cm³/mol. The zero-order chi connectivity index (χ0) is 24.2. The molecule has 2 heterocycles. The molecule has 4 rings (SSSR count). The van der Waals surface area contributed by atoms with E-state index in [2.05, 4.69) is 17.1 Å². The Hall–Kier alpha value is -2.84. The van der Waals surface area contributed by atoms with Gasteiger partial charge in [0.25, 0.3) is 5.91 Å². The van der Waals surface area contributed by atoms with Gasteiger partial charge in [0.15, 0.2) is 5.11 Å². The largest absolute Gasteiger partial charge is 0.335 e. The van der Waals surface area contributed by atoms with Crippen LogP contribution >= 0.6 is 12.2 Å². The molecule has 1 atom stereocenters. The van der Waals surface area contributed by atoms with Crippen molar-refractivity contribution in [1.29, 1.82) is 0 Å². The van der Waals surface area contributed by atoms with Gasteiger partial charge in [0.2, 0.25) is 5.91 Å². The molecule has 34 heavy (non-hydrogen) atoms. The number of carbonyl (C=O) groups excluding carboxylic acids is 2. The predicted octanol–water partition coefficient (Wildman–Crippen LogP) is 4.20. The molecule has 2 aliphatic rings. The fourth-order valence-corrected chi connectivity index (χ4v) is 4.89. The summed E-state index contributed by atoms with van der Waals surface area (Å²) in [6.07, 6.45) is 2.31. The number of hydrogen-bond acceptors (Lipinski definition) is 4. The zero-order valence-electron chi connectivity index (χ0n) is 19.7. The van der Waals surface area contributed by atoms with E-state index in [0.29, 0.717) is 23.0 Å². The van der Waals surface area contributed by atoms with Crippen LogP contribution in [-0.2, 0) is 9.59 Å². The average molecular weight is 483 g/mol. The number of carbonyl (C=O) groups is 2. The van der Waals surface area contributed by atoms with E-state index in [4.69, 9.17) is 12.2 Å².